The predicted molar refractivity (Wildman–Crippen MR) is 90.8 cm³/mol. The molecule has 1 aliphatic carbocycles. The van der Waals surface area contributed by atoms with Crippen molar-refractivity contribution in [1.29, 1.82) is 0 Å². The van der Waals surface area contributed by atoms with E-state index in [4.69, 9.17) is 0 Å². The normalized spacial score (nSPS) is 18.7. The molecule has 0 aliphatic heterocycles. The van der Waals surface area contributed by atoms with Crippen molar-refractivity contribution in [2.24, 2.45) is 5.92 Å². The number of nitrogens with one attached hydrogen (secondary N) is 1. The molecule has 2 aromatic heterocycles. The summed E-state index contributed by atoms with van der Waals surface area (Å²) in [7, 11) is 0. The summed E-state index contributed by atoms with van der Waals surface area (Å²) in [5, 5.41) is 11.6. The Morgan fingerprint density at radius 2 is 2.30 bits per heavy atom. The Morgan fingerprint density at radius 1 is 1.52 bits per heavy atom. The van der Waals surface area contributed by atoms with Gasteiger partial charge in [0.25, 0.3) is 5.56 Å². The molecule has 0 radical (unpaired) electrons. The highest BCUT2D eigenvalue weighted by atomic mass is 32.1. The Morgan fingerprint density at radius 3 is 3.04 bits per heavy atom. The lowest BCUT2D eigenvalue weighted by atomic mass is 9.89. The smallest absolute Gasteiger partial charge is 0.279 e. The highest BCUT2D eigenvalue weighted by Crippen LogP contribution is 2.35. The summed E-state index contributed by atoms with van der Waals surface area (Å²) in [6.07, 6.45) is 3.86. The molecule has 0 bridgehead atoms. The second-order valence-electron chi connectivity index (χ2n) is 6.46. The van der Waals surface area contributed by atoms with Crippen LogP contribution in [-0.4, -0.2) is 26.9 Å². The first kappa shape index (κ1) is 16.1. The highest BCUT2D eigenvalue weighted by molar-refractivity contribution is 7.18. The molecule has 2 heterocycles. The van der Waals surface area contributed by atoms with E-state index in [1.165, 1.54) is 9.56 Å². The van der Waals surface area contributed by atoms with E-state index in [-0.39, 0.29) is 24.1 Å². The minimum Gasteiger partial charge on any atom is -0.352 e. The lowest BCUT2D eigenvalue weighted by Gasteiger charge is -2.17. The zero-order valence-electron chi connectivity index (χ0n) is 13.8. The van der Waals surface area contributed by atoms with Gasteiger partial charge in [-0.3, -0.25) is 9.59 Å². The Kier molecular flexibility index (Phi) is 4.48. The Hall–Kier alpha value is -1.76. The van der Waals surface area contributed by atoms with Crippen LogP contribution in [0.25, 0.3) is 10.2 Å². The third-order valence-electron chi connectivity index (χ3n) is 4.50. The summed E-state index contributed by atoms with van der Waals surface area (Å²) in [5.74, 6) is 0.444. The summed E-state index contributed by atoms with van der Waals surface area (Å²) >= 11 is 1.57. The first-order chi connectivity index (χ1) is 11.0. The molecular formula is C16H22N4O2S. The molecule has 0 saturated carbocycles. The predicted octanol–water partition coefficient (Wildman–Crippen LogP) is 1.89. The molecule has 0 unspecified atom stereocenters. The van der Waals surface area contributed by atoms with E-state index >= 15 is 0 Å². The van der Waals surface area contributed by atoms with Crippen molar-refractivity contribution in [2.45, 2.75) is 59.0 Å². The summed E-state index contributed by atoms with van der Waals surface area (Å²) in [6.45, 7) is 6.09. The number of carbonyl (C=O) groups excluding carboxylic acids is 1. The summed E-state index contributed by atoms with van der Waals surface area (Å²) in [4.78, 5) is 26.7. The van der Waals surface area contributed by atoms with Gasteiger partial charge in [-0.25, -0.2) is 4.68 Å². The van der Waals surface area contributed by atoms with Crippen LogP contribution in [0.4, 0.5) is 0 Å². The van der Waals surface area contributed by atoms with E-state index in [0.717, 1.165) is 31.2 Å². The average molecular weight is 334 g/mol. The molecule has 6 nitrogen and oxygen atoms in total. The van der Waals surface area contributed by atoms with Gasteiger partial charge in [-0.2, -0.15) is 0 Å². The largest absolute Gasteiger partial charge is 0.352 e. The molecule has 0 aromatic carbocycles. The first-order valence-corrected chi connectivity index (χ1v) is 8.98. The average Bonchev–Trinajstić information content (AvgIpc) is 2.88. The van der Waals surface area contributed by atoms with Crippen LogP contribution in [0, 0.1) is 5.92 Å². The molecule has 1 amide bonds. The number of hydrogen-bond acceptors (Lipinski definition) is 5. The van der Waals surface area contributed by atoms with Crippen LogP contribution < -0.4 is 10.9 Å². The second kappa shape index (κ2) is 6.39. The molecule has 7 heteroatoms. The first-order valence-electron chi connectivity index (χ1n) is 8.17. The molecule has 3 rings (SSSR count). The van der Waals surface area contributed by atoms with Crippen molar-refractivity contribution in [3.05, 3.63) is 20.8 Å². The standard InChI is InChI=1S/C16H22N4O2S/c1-4-10(3)17-13(21)8-20-16(22)14-11-6-5-9(2)7-12(11)23-15(14)18-19-20/h9-10H,4-8H2,1-3H3,(H,17,21)/t9-,10-/m0/s1. The zero-order chi connectivity index (χ0) is 16.6. The third kappa shape index (κ3) is 3.15. The van der Waals surface area contributed by atoms with Gasteiger partial charge in [0.2, 0.25) is 5.91 Å². The fourth-order valence-corrected chi connectivity index (χ4v) is 4.27. The lowest BCUT2D eigenvalue weighted by Crippen LogP contribution is -2.38. The number of rotatable bonds is 4. The van der Waals surface area contributed by atoms with Crippen LogP contribution in [0.15, 0.2) is 4.79 Å². The molecule has 0 saturated heterocycles. The number of hydrogen-bond donors (Lipinski definition) is 1. The number of carbonyl (C=O) groups is 1. The number of aromatic nitrogens is 3. The van der Waals surface area contributed by atoms with Gasteiger partial charge >= 0.3 is 0 Å². The van der Waals surface area contributed by atoms with Gasteiger partial charge < -0.3 is 5.32 Å². The van der Waals surface area contributed by atoms with E-state index in [1.807, 2.05) is 13.8 Å². The quantitative estimate of drug-likeness (QED) is 0.926. The van der Waals surface area contributed by atoms with Gasteiger partial charge in [0.05, 0.1) is 5.39 Å². The molecule has 1 N–H and O–H groups in total. The summed E-state index contributed by atoms with van der Waals surface area (Å²) in [6, 6.07) is 0.0882. The van der Waals surface area contributed by atoms with Crippen molar-refractivity contribution < 1.29 is 4.79 Å². The van der Waals surface area contributed by atoms with E-state index < -0.39 is 0 Å². The van der Waals surface area contributed by atoms with Crippen molar-refractivity contribution in [3.8, 4) is 0 Å². The van der Waals surface area contributed by atoms with Gasteiger partial charge in [0.15, 0.2) is 4.83 Å². The van der Waals surface area contributed by atoms with Gasteiger partial charge in [-0.05, 0) is 44.1 Å². The Balaban J connectivity index is 1.93. The maximum absolute atomic E-state index is 12.7. The fourth-order valence-electron chi connectivity index (χ4n) is 2.95. The van der Waals surface area contributed by atoms with E-state index in [0.29, 0.717) is 16.1 Å². The van der Waals surface area contributed by atoms with Crippen LogP contribution in [0.3, 0.4) is 0 Å². The topological polar surface area (TPSA) is 76.9 Å². The van der Waals surface area contributed by atoms with Crippen molar-refractivity contribution in [1.82, 2.24) is 20.3 Å². The van der Waals surface area contributed by atoms with Crippen molar-refractivity contribution in [2.75, 3.05) is 0 Å². The maximum Gasteiger partial charge on any atom is 0.279 e. The molecular weight excluding hydrogens is 312 g/mol. The van der Waals surface area contributed by atoms with Gasteiger partial charge in [0, 0.05) is 10.9 Å². The van der Waals surface area contributed by atoms with Gasteiger partial charge in [-0.15, -0.1) is 16.4 Å². The van der Waals surface area contributed by atoms with E-state index in [2.05, 4.69) is 22.6 Å². The molecule has 124 valence electrons. The number of thiophene rings is 1. The SMILES string of the molecule is CC[C@H](C)NC(=O)Cn1nnc2sc3c(c2c1=O)CC[C@H](C)C3. The van der Waals surface area contributed by atoms with Gasteiger partial charge in [0.1, 0.15) is 6.54 Å². The van der Waals surface area contributed by atoms with Gasteiger partial charge in [-0.1, -0.05) is 19.1 Å². The minimum absolute atomic E-state index is 0.0763. The summed E-state index contributed by atoms with van der Waals surface area (Å²) in [5.41, 5.74) is 0.931. The van der Waals surface area contributed by atoms with Crippen LogP contribution in [0.1, 0.15) is 44.1 Å². The third-order valence-corrected chi connectivity index (χ3v) is 5.64. The zero-order valence-corrected chi connectivity index (χ0v) is 14.6. The second-order valence-corrected chi connectivity index (χ2v) is 7.54. The molecule has 1 aliphatic rings. The van der Waals surface area contributed by atoms with Crippen LogP contribution in [-0.2, 0) is 24.2 Å². The van der Waals surface area contributed by atoms with Crippen molar-refractivity contribution in [3.63, 3.8) is 0 Å². The number of fused-ring (bicyclic) bond motifs is 3. The highest BCUT2D eigenvalue weighted by Gasteiger charge is 2.24. The molecule has 23 heavy (non-hydrogen) atoms. The Bertz CT molecular complexity index is 795. The van der Waals surface area contributed by atoms with Crippen LogP contribution >= 0.6 is 11.3 Å². The van der Waals surface area contributed by atoms with E-state index in [1.54, 1.807) is 11.3 Å². The molecule has 0 fully saturated rings. The van der Waals surface area contributed by atoms with Crippen molar-refractivity contribution >= 4 is 27.5 Å². The molecule has 2 aromatic rings. The molecule has 2 atom stereocenters. The number of aryl methyl sites for hydroxylation is 1. The maximum atomic E-state index is 12.7. The Labute approximate surface area is 138 Å². The van der Waals surface area contributed by atoms with Crippen LogP contribution in [0.2, 0.25) is 0 Å². The monoisotopic (exact) mass is 334 g/mol. The lowest BCUT2D eigenvalue weighted by molar-refractivity contribution is -0.122. The number of amides is 1. The fraction of sp³-hybridized carbons (Fsp3) is 0.625. The van der Waals surface area contributed by atoms with Crippen LogP contribution in [0.5, 0.6) is 0 Å². The molecule has 0 spiro atoms. The minimum atomic E-state index is -0.201. The van der Waals surface area contributed by atoms with E-state index in [9.17, 15) is 9.59 Å². The number of nitrogens with zero attached hydrogens (tertiary/aromatic N) is 3. The summed E-state index contributed by atoms with van der Waals surface area (Å²) < 4.78 is 1.19.